The van der Waals surface area contributed by atoms with Gasteiger partial charge in [0.1, 0.15) is 5.82 Å². The van der Waals surface area contributed by atoms with Crippen LogP contribution < -0.4 is 5.32 Å². The Bertz CT molecular complexity index is 708. The minimum absolute atomic E-state index is 0.00552. The van der Waals surface area contributed by atoms with Gasteiger partial charge in [-0.05, 0) is 43.9 Å². The zero-order chi connectivity index (χ0) is 17.6. The highest BCUT2D eigenvalue weighted by Crippen LogP contribution is 2.22. The number of hydrogen-bond donors (Lipinski definition) is 1. The average molecular weight is 360 g/mol. The molecule has 6 nitrogen and oxygen atoms in total. The van der Waals surface area contributed by atoms with Crippen molar-refractivity contribution in [2.45, 2.75) is 44.4 Å². The Balaban J connectivity index is 1.59. The van der Waals surface area contributed by atoms with Crippen molar-refractivity contribution >= 4 is 17.7 Å². The van der Waals surface area contributed by atoms with Gasteiger partial charge in [-0.1, -0.05) is 30.8 Å². The number of amides is 1. The standard InChI is InChI=1S/C18H24N4O2S/c1-3-14-6-8-15(9-7-14)22-13(2)20-21-18(22)25-12-17(23)19-11-16-5-4-10-24-16/h6-9,16H,3-5,10-12H2,1-2H3,(H,19,23)/t16-/m0/s1. The lowest BCUT2D eigenvalue weighted by Crippen LogP contribution is -2.32. The monoisotopic (exact) mass is 360 g/mol. The van der Waals surface area contributed by atoms with Crippen molar-refractivity contribution in [3.05, 3.63) is 35.7 Å². The fourth-order valence-electron chi connectivity index (χ4n) is 2.83. The van der Waals surface area contributed by atoms with Gasteiger partial charge in [0.2, 0.25) is 5.91 Å². The molecule has 25 heavy (non-hydrogen) atoms. The smallest absolute Gasteiger partial charge is 0.230 e. The quantitative estimate of drug-likeness (QED) is 0.769. The molecule has 0 bridgehead atoms. The molecule has 1 atom stereocenters. The summed E-state index contributed by atoms with van der Waals surface area (Å²) in [6.45, 7) is 5.44. The zero-order valence-electron chi connectivity index (χ0n) is 14.7. The van der Waals surface area contributed by atoms with Gasteiger partial charge in [0, 0.05) is 18.8 Å². The summed E-state index contributed by atoms with van der Waals surface area (Å²) in [6.07, 6.45) is 3.27. The molecule has 0 radical (unpaired) electrons. The summed E-state index contributed by atoms with van der Waals surface area (Å²) in [5, 5.41) is 12.0. The number of nitrogens with one attached hydrogen (secondary N) is 1. The van der Waals surface area contributed by atoms with E-state index in [0.29, 0.717) is 12.3 Å². The Morgan fingerprint density at radius 1 is 1.36 bits per heavy atom. The van der Waals surface area contributed by atoms with Gasteiger partial charge in [-0.15, -0.1) is 10.2 Å². The van der Waals surface area contributed by atoms with E-state index in [1.54, 1.807) is 0 Å². The summed E-state index contributed by atoms with van der Waals surface area (Å²) in [5.74, 6) is 1.12. The van der Waals surface area contributed by atoms with E-state index < -0.39 is 0 Å². The first kappa shape index (κ1) is 17.9. The second kappa shape index (κ2) is 8.49. The van der Waals surface area contributed by atoms with Crippen LogP contribution in [0.1, 0.15) is 31.2 Å². The summed E-state index contributed by atoms with van der Waals surface area (Å²) in [7, 11) is 0. The summed E-state index contributed by atoms with van der Waals surface area (Å²) in [6, 6.07) is 8.35. The summed E-state index contributed by atoms with van der Waals surface area (Å²) >= 11 is 1.40. The molecule has 0 saturated carbocycles. The molecule has 2 aromatic rings. The summed E-state index contributed by atoms with van der Waals surface area (Å²) in [5.41, 5.74) is 2.30. The molecule has 1 amide bonds. The van der Waals surface area contributed by atoms with E-state index in [4.69, 9.17) is 4.74 Å². The number of rotatable bonds is 7. The van der Waals surface area contributed by atoms with Crippen LogP contribution in [0.5, 0.6) is 0 Å². The Hall–Kier alpha value is -1.86. The van der Waals surface area contributed by atoms with Crippen molar-refractivity contribution in [1.29, 1.82) is 0 Å². The first-order valence-corrected chi connectivity index (χ1v) is 9.68. The van der Waals surface area contributed by atoms with Gasteiger partial charge in [0.05, 0.1) is 11.9 Å². The molecule has 1 saturated heterocycles. The number of hydrogen-bond acceptors (Lipinski definition) is 5. The van der Waals surface area contributed by atoms with E-state index in [2.05, 4.69) is 46.7 Å². The van der Waals surface area contributed by atoms with Crippen LogP contribution in [0.25, 0.3) is 5.69 Å². The van der Waals surface area contributed by atoms with Crippen LogP contribution in [0.3, 0.4) is 0 Å². The van der Waals surface area contributed by atoms with E-state index >= 15 is 0 Å². The third kappa shape index (κ3) is 4.61. The number of nitrogens with zero attached hydrogens (tertiary/aromatic N) is 3. The number of carbonyl (C=O) groups excluding carboxylic acids is 1. The molecule has 3 rings (SSSR count). The molecule has 1 N–H and O–H groups in total. The highest BCUT2D eigenvalue weighted by molar-refractivity contribution is 7.99. The molecule has 7 heteroatoms. The molecule has 1 aliphatic rings. The van der Waals surface area contributed by atoms with Gasteiger partial charge >= 0.3 is 0 Å². The zero-order valence-corrected chi connectivity index (χ0v) is 15.5. The van der Waals surface area contributed by atoms with Crippen molar-refractivity contribution in [1.82, 2.24) is 20.1 Å². The topological polar surface area (TPSA) is 69.0 Å². The van der Waals surface area contributed by atoms with Crippen molar-refractivity contribution in [3.63, 3.8) is 0 Å². The number of aryl methyl sites for hydroxylation is 2. The number of aromatic nitrogens is 3. The van der Waals surface area contributed by atoms with E-state index in [0.717, 1.165) is 42.5 Å². The van der Waals surface area contributed by atoms with Crippen molar-refractivity contribution in [2.24, 2.45) is 0 Å². The Morgan fingerprint density at radius 3 is 2.84 bits per heavy atom. The van der Waals surface area contributed by atoms with Crippen LogP contribution in [-0.2, 0) is 16.0 Å². The van der Waals surface area contributed by atoms with Crippen molar-refractivity contribution in [2.75, 3.05) is 18.9 Å². The van der Waals surface area contributed by atoms with Gasteiger partial charge in [0.25, 0.3) is 0 Å². The van der Waals surface area contributed by atoms with Crippen molar-refractivity contribution in [3.8, 4) is 5.69 Å². The SMILES string of the molecule is CCc1ccc(-n2c(C)nnc2SCC(=O)NC[C@@H]2CCCO2)cc1. The van der Waals surface area contributed by atoms with Crippen LogP contribution in [0.4, 0.5) is 0 Å². The van der Waals surface area contributed by atoms with E-state index in [-0.39, 0.29) is 12.0 Å². The van der Waals surface area contributed by atoms with Gasteiger partial charge in [-0.25, -0.2) is 0 Å². The van der Waals surface area contributed by atoms with Gasteiger partial charge < -0.3 is 10.1 Å². The first-order chi connectivity index (χ1) is 12.2. The molecule has 1 aromatic heterocycles. The minimum atomic E-state index is -0.00552. The minimum Gasteiger partial charge on any atom is -0.376 e. The molecule has 1 aromatic carbocycles. The lowest BCUT2D eigenvalue weighted by atomic mass is 10.1. The number of ether oxygens (including phenoxy) is 1. The van der Waals surface area contributed by atoms with Crippen LogP contribution >= 0.6 is 11.8 Å². The fraction of sp³-hybridized carbons (Fsp3) is 0.500. The lowest BCUT2D eigenvalue weighted by Gasteiger charge is -2.11. The molecule has 1 fully saturated rings. The molecule has 0 unspecified atom stereocenters. The molecule has 134 valence electrons. The number of thioether (sulfide) groups is 1. The predicted molar refractivity (Wildman–Crippen MR) is 98.2 cm³/mol. The largest absolute Gasteiger partial charge is 0.376 e. The third-order valence-electron chi connectivity index (χ3n) is 4.28. The molecule has 2 heterocycles. The van der Waals surface area contributed by atoms with E-state index in [9.17, 15) is 4.79 Å². The maximum Gasteiger partial charge on any atom is 0.230 e. The maximum absolute atomic E-state index is 12.1. The van der Waals surface area contributed by atoms with Gasteiger partial charge in [0.15, 0.2) is 5.16 Å². The van der Waals surface area contributed by atoms with Crippen LogP contribution in [-0.4, -0.2) is 45.7 Å². The predicted octanol–water partition coefficient (Wildman–Crippen LogP) is 2.53. The van der Waals surface area contributed by atoms with E-state index in [1.807, 2.05) is 11.5 Å². The summed E-state index contributed by atoms with van der Waals surface area (Å²) in [4.78, 5) is 12.1. The van der Waals surface area contributed by atoms with Crippen LogP contribution in [0, 0.1) is 6.92 Å². The van der Waals surface area contributed by atoms with Crippen molar-refractivity contribution < 1.29 is 9.53 Å². The Labute approximate surface area is 152 Å². The Morgan fingerprint density at radius 2 is 2.16 bits per heavy atom. The summed E-state index contributed by atoms with van der Waals surface area (Å²) < 4.78 is 7.50. The molecular formula is C18H24N4O2S. The molecular weight excluding hydrogens is 336 g/mol. The highest BCUT2D eigenvalue weighted by atomic mass is 32.2. The maximum atomic E-state index is 12.1. The van der Waals surface area contributed by atoms with Gasteiger partial charge in [-0.3, -0.25) is 9.36 Å². The second-order valence-corrected chi connectivity index (χ2v) is 7.06. The second-order valence-electron chi connectivity index (χ2n) is 6.11. The average Bonchev–Trinajstić information content (AvgIpc) is 3.28. The molecule has 0 spiro atoms. The van der Waals surface area contributed by atoms with Crippen LogP contribution in [0.2, 0.25) is 0 Å². The molecule has 1 aliphatic heterocycles. The van der Waals surface area contributed by atoms with Crippen LogP contribution in [0.15, 0.2) is 29.4 Å². The van der Waals surface area contributed by atoms with E-state index in [1.165, 1.54) is 17.3 Å². The molecule has 0 aliphatic carbocycles. The first-order valence-electron chi connectivity index (χ1n) is 8.69. The highest BCUT2D eigenvalue weighted by Gasteiger charge is 2.17. The number of benzene rings is 1. The van der Waals surface area contributed by atoms with Gasteiger partial charge in [-0.2, -0.15) is 0 Å². The normalized spacial score (nSPS) is 17.0. The fourth-order valence-corrected chi connectivity index (χ4v) is 3.66. The third-order valence-corrected chi connectivity index (χ3v) is 5.21. The lowest BCUT2D eigenvalue weighted by molar-refractivity contribution is -0.119. The Kier molecular flexibility index (Phi) is 6.09. The number of carbonyl (C=O) groups is 1.